The van der Waals surface area contributed by atoms with Gasteiger partial charge in [0.25, 0.3) is 5.41 Å². The van der Waals surface area contributed by atoms with Crippen molar-refractivity contribution in [3.63, 3.8) is 0 Å². The highest BCUT2D eigenvalue weighted by Crippen LogP contribution is 2.55. The summed E-state index contributed by atoms with van der Waals surface area (Å²) in [6.45, 7) is -0.597. The summed E-state index contributed by atoms with van der Waals surface area (Å²) in [5, 5.41) is 0.759. The van der Waals surface area contributed by atoms with Crippen molar-refractivity contribution in [1.29, 1.82) is 0 Å². The second kappa shape index (κ2) is 15.5. The average molecular weight is 933 g/mol. The van der Waals surface area contributed by atoms with Crippen LogP contribution in [0.15, 0.2) is 120 Å². The van der Waals surface area contributed by atoms with Gasteiger partial charge in [-0.25, -0.2) is 37.1 Å². The molecule has 3 aliphatic carbocycles. The first-order chi connectivity index (χ1) is 32.3. The Morgan fingerprint density at radius 1 is 0.493 bits per heavy atom. The summed E-state index contributed by atoms with van der Waals surface area (Å²) < 4.78 is 68.4. The van der Waals surface area contributed by atoms with E-state index < -0.39 is 63.8 Å². The van der Waals surface area contributed by atoms with Gasteiger partial charge in [0.05, 0.1) is 32.3 Å². The van der Waals surface area contributed by atoms with Gasteiger partial charge >= 0.3 is 11.9 Å². The van der Waals surface area contributed by atoms with Crippen molar-refractivity contribution in [3.8, 4) is 9.75 Å². The van der Waals surface area contributed by atoms with Gasteiger partial charge in [0.1, 0.15) is 23.2 Å². The molecule has 0 saturated heterocycles. The van der Waals surface area contributed by atoms with E-state index in [0.717, 1.165) is 46.9 Å². The van der Waals surface area contributed by atoms with Crippen LogP contribution in [0, 0.1) is 23.3 Å². The van der Waals surface area contributed by atoms with Gasteiger partial charge in [0.15, 0.2) is 46.4 Å². The first-order valence-electron chi connectivity index (χ1n) is 20.2. The fraction of sp³-hybridized carbons (Fsp3) is 0.0588. The molecule has 0 fully saturated rings. The number of carbonyl (C=O) groups excluding carboxylic acids is 6. The SMILES string of the molecule is O=C1C(=Cc2nc3c(s2)-c2sc(C=C4C(=O)c5cc6cc(F)c(F)cc6cc5C4=O)nc2C3(C(=O)OCc2ccccc2)C(=O)OCc2ccccc2)C(=O)c2cc3cc(F)c(F)cc3cc21. The van der Waals surface area contributed by atoms with Crippen molar-refractivity contribution in [2.75, 3.05) is 0 Å². The first kappa shape index (κ1) is 41.6. The molecule has 11 rings (SSSR count). The average Bonchev–Trinajstić information content (AvgIpc) is 4.09. The van der Waals surface area contributed by atoms with E-state index in [9.17, 15) is 46.3 Å². The van der Waals surface area contributed by atoms with Crippen molar-refractivity contribution in [2.24, 2.45) is 0 Å². The van der Waals surface area contributed by atoms with Crippen LogP contribution in [0.25, 0.3) is 43.5 Å². The highest BCUT2D eigenvalue weighted by atomic mass is 32.1. The number of rotatable bonds is 8. The molecule has 8 aromatic rings. The predicted molar refractivity (Wildman–Crippen MR) is 237 cm³/mol. The topological polar surface area (TPSA) is 147 Å². The smallest absolute Gasteiger partial charge is 0.336 e. The number of ketones is 4. The molecule has 2 aromatic heterocycles. The Labute approximate surface area is 382 Å². The molecule has 0 radical (unpaired) electrons. The summed E-state index contributed by atoms with van der Waals surface area (Å²) >= 11 is 1.81. The Morgan fingerprint density at radius 3 is 1.12 bits per heavy atom. The van der Waals surface area contributed by atoms with E-state index >= 15 is 0 Å². The van der Waals surface area contributed by atoms with Crippen LogP contribution < -0.4 is 0 Å². The maximum Gasteiger partial charge on any atom is 0.336 e. The molecule has 6 aromatic carbocycles. The molecule has 0 bridgehead atoms. The van der Waals surface area contributed by atoms with Crippen LogP contribution in [-0.4, -0.2) is 45.0 Å². The van der Waals surface area contributed by atoms with Gasteiger partial charge in [-0.1, -0.05) is 60.7 Å². The number of aromatic nitrogens is 2. The maximum atomic E-state index is 14.9. The van der Waals surface area contributed by atoms with E-state index in [1.807, 2.05) is 0 Å². The molecule has 0 spiro atoms. The number of benzene rings is 6. The van der Waals surface area contributed by atoms with Crippen molar-refractivity contribution < 1.29 is 55.8 Å². The minimum absolute atomic E-state index is 0.00253. The van der Waals surface area contributed by atoms with Gasteiger partial charge in [-0.05, 0) is 93.4 Å². The van der Waals surface area contributed by atoms with Gasteiger partial charge in [-0.15, -0.1) is 22.7 Å². The monoisotopic (exact) mass is 932 g/mol. The van der Waals surface area contributed by atoms with Gasteiger partial charge in [-0.2, -0.15) is 0 Å². The van der Waals surface area contributed by atoms with Crippen LogP contribution in [0.4, 0.5) is 17.6 Å². The van der Waals surface area contributed by atoms with Crippen LogP contribution in [0.1, 0.15) is 74.0 Å². The summed E-state index contributed by atoms with van der Waals surface area (Å²) in [5.74, 6) is -9.71. The third kappa shape index (κ3) is 6.58. The minimum Gasteiger partial charge on any atom is -0.459 e. The van der Waals surface area contributed by atoms with Crippen molar-refractivity contribution >= 4 is 91.4 Å². The lowest BCUT2D eigenvalue weighted by Gasteiger charge is -2.24. The first-order valence-corrected chi connectivity index (χ1v) is 21.9. The quantitative estimate of drug-likeness (QED) is 0.0474. The number of thiazole rings is 2. The molecule has 3 aliphatic rings. The Bertz CT molecular complexity index is 3290. The number of nitrogens with zero attached hydrogens (tertiary/aromatic N) is 2. The minimum atomic E-state index is -2.54. The van der Waals surface area contributed by atoms with Gasteiger partial charge in [0.2, 0.25) is 0 Å². The number of carbonyl (C=O) groups is 6. The largest absolute Gasteiger partial charge is 0.459 e. The molecule has 2 heterocycles. The molecule has 0 saturated carbocycles. The van der Waals surface area contributed by atoms with Gasteiger partial charge in [-0.3, -0.25) is 19.2 Å². The number of esters is 2. The molecule has 0 unspecified atom stereocenters. The van der Waals surface area contributed by atoms with Crippen molar-refractivity contribution in [3.05, 3.63) is 198 Å². The Kier molecular flexibility index (Phi) is 9.65. The molecular formula is C51H24F4N2O8S2. The summed E-state index contributed by atoms with van der Waals surface area (Å²) in [6, 6.07) is 26.1. The lowest BCUT2D eigenvalue weighted by Crippen LogP contribution is -2.46. The summed E-state index contributed by atoms with van der Waals surface area (Å²) in [6.07, 6.45) is 2.40. The van der Waals surface area contributed by atoms with E-state index in [1.54, 1.807) is 60.7 Å². The lowest BCUT2D eigenvalue weighted by molar-refractivity contribution is -0.164. The van der Waals surface area contributed by atoms with E-state index in [4.69, 9.17) is 19.4 Å². The molecule has 0 amide bonds. The van der Waals surface area contributed by atoms with Crippen LogP contribution >= 0.6 is 22.7 Å². The zero-order chi connectivity index (χ0) is 46.5. The Morgan fingerprint density at radius 2 is 0.806 bits per heavy atom. The molecule has 326 valence electrons. The normalized spacial score (nSPS) is 14.4. The molecule has 10 nitrogen and oxygen atoms in total. The highest BCUT2D eigenvalue weighted by molar-refractivity contribution is 7.23. The van der Waals surface area contributed by atoms with Crippen molar-refractivity contribution in [2.45, 2.75) is 18.6 Å². The third-order valence-electron chi connectivity index (χ3n) is 11.8. The number of Topliss-reactive ketones (excluding diaryl/α,β-unsaturated/α-hetero) is 4. The summed E-state index contributed by atoms with van der Waals surface area (Å²) in [5.41, 5.74) is -2.61. The molecule has 67 heavy (non-hydrogen) atoms. The number of halogens is 4. The molecule has 0 aliphatic heterocycles. The van der Waals surface area contributed by atoms with E-state index in [-0.39, 0.29) is 99.3 Å². The standard InChI is InChI=1S/C51H24F4N2O8S2/c52-35-15-25-11-29-30(12-26(25)16-36(35)53)42(59)33(41(29)58)19-39-56-47-45(66-39)46-48(51(47,49(62)64-21-23-7-3-1-4-8-23)50(63)65-22-24-9-5-2-6-10-24)57-40(67-46)20-34-43(60)31-13-27-17-37(54)38(55)18-28(27)14-32(31)44(34)61/h1-20H,21-22H2. The molecule has 0 atom stereocenters. The fourth-order valence-electron chi connectivity index (χ4n) is 8.49. The summed E-state index contributed by atoms with van der Waals surface area (Å²) in [4.78, 5) is 95.0. The number of hydrogen-bond acceptors (Lipinski definition) is 12. The maximum absolute atomic E-state index is 14.9. The Hall–Kier alpha value is -8.08. The van der Waals surface area contributed by atoms with Gasteiger partial charge in [0, 0.05) is 22.3 Å². The van der Waals surface area contributed by atoms with Gasteiger partial charge < -0.3 is 9.47 Å². The van der Waals surface area contributed by atoms with E-state index in [1.165, 1.54) is 36.4 Å². The number of ether oxygens (including phenoxy) is 2. The van der Waals surface area contributed by atoms with Crippen LogP contribution in [-0.2, 0) is 37.7 Å². The predicted octanol–water partition coefficient (Wildman–Crippen LogP) is 10.1. The zero-order valence-electron chi connectivity index (χ0n) is 33.9. The van der Waals surface area contributed by atoms with E-state index in [2.05, 4.69) is 0 Å². The second-order valence-electron chi connectivity index (χ2n) is 15.8. The summed E-state index contributed by atoms with van der Waals surface area (Å²) in [7, 11) is 0. The molecule has 16 heteroatoms. The Balaban J connectivity index is 1.05. The highest BCUT2D eigenvalue weighted by Gasteiger charge is 2.63. The number of hydrogen-bond donors (Lipinski definition) is 0. The van der Waals surface area contributed by atoms with Crippen LogP contribution in [0.3, 0.4) is 0 Å². The van der Waals surface area contributed by atoms with Crippen LogP contribution in [0.5, 0.6) is 0 Å². The number of allylic oxidation sites excluding steroid dienone is 2. The molecular weight excluding hydrogens is 909 g/mol. The lowest BCUT2D eigenvalue weighted by atomic mass is 9.84. The second-order valence-corrected chi connectivity index (χ2v) is 17.8. The number of fused-ring (bicyclic) bond motifs is 7. The van der Waals surface area contributed by atoms with Crippen molar-refractivity contribution in [1.82, 2.24) is 9.97 Å². The zero-order valence-corrected chi connectivity index (χ0v) is 35.6. The third-order valence-corrected chi connectivity index (χ3v) is 13.9. The van der Waals surface area contributed by atoms with Crippen LogP contribution in [0.2, 0.25) is 0 Å². The van der Waals surface area contributed by atoms with E-state index in [0.29, 0.717) is 11.1 Å². The fourth-order valence-corrected chi connectivity index (χ4v) is 10.8. The molecule has 0 N–H and O–H groups in total.